The minimum absolute atomic E-state index is 0.0432. The maximum atomic E-state index is 13.0. The van der Waals surface area contributed by atoms with E-state index in [0.717, 1.165) is 42.7 Å². The van der Waals surface area contributed by atoms with Gasteiger partial charge in [0.25, 0.3) is 5.91 Å². The minimum atomic E-state index is 0.0432. The fourth-order valence-corrected chi connectivity index (χ4v) is 3.93. The molecule has 1 saturated heterocycles. The van der Waals surface area contributed by atoms with E-state index >= 15 is 0 Å². The maximum Gasteiger partial charge on any atom is 0.255 e. The van der Waals surface area contributed by atoms with Crippen LogP contribution in [-0.4, -0.2) is 33.9 Å². The molecule has 1 aliphatic rings. The molecule has 1 fully saturated rings. The van der Waals surface area contributed by atoms with Crippen LogP contribution in [0.5, 0.6) is 0 Å². The standard InChI is InChI=1S/C24H27N5O/c25-13-18-3-1-5-21(11-18)20-6-9-29(10-7-20)24(30)22-12-23(17-27-16-22)28-15-19-4-2-8-26-14-19/h1-5,8,11-12,14,16-17,20,28H,6-7,9-10,13,15,25H2. The predicted molar refractivity (Wildman–Crippen MR) is 118 cm³/mol. The maximum absolute atomic E-state index is 13.0. The van der Waals surface area contributed by atoms with Gasteiger partial charge in [0.05, 0.1) is 11.3 Å². The van der Waals surface area contributed by atoms with Crippen LogP contribution < -0.4 is 11.1 Å². The average Bonchev–Trinajstić information content (AvgIpc) is 2.83. The van der Waals surface area contributed by atoms with Gasteiger partial charge < -0.3 is 16.0 Å². The Labute approximate surface area is 177 Å². The molecule has 4 rings (SSSR count). The lowest BCUT2D eigenvalue weighted by molar-refractivity contribution is 0.0712. The number of nitrogens with two attached hydrogens (primary N) is 1. The van der Waals surface area contributed by atoms with Gasteiger partial charge >= 0.3 is 0 Å². The summed E-state index contributed by atoms with van der Waals surface area (Å²) in [7, 11) is 0. The first-order valence-corrected chi connectivity index (χ1v) is 10.4. The van der Waals surface area contributed by atoms with Crippen molar-refractivity contribution in [3.8, 4) is 0 Å². The highest BCUT2D eigenvalue weighted by atomic mass is 16.2. The lowest BCUT2D eigenvalue weighted by atomic mass is 9.88. The van der Waals surface area contributed by atoms with Crippen molar-refractivity contribution in [2.45, 2.75) is 31.8 Å². The molecule has 6 heteroatoms. The molecule has 0 spiro atoms. The first kappa shape index (κ1) is 20.0. The third-order valence-corrected chi connectivity index (χ3v) is 5.64. The van der Waals surface area contributed by atoms with Crippen LogP contribution in [0.4, 0.5) is 5.69 Å². The van der Waals surface area contributed by atoms with Crippen molar-refractivity contribution < 1.29 is 4.79 Å². The molecule has 3 aromatic rings. The zero-order valence-corrected chi connectivity index (χ0v) is 17.0. The van der Waals surface area contributed by atoms with Crippen LogP contribution in [0.2, 0.25) is 0 Å². The van der Waals surface area contributed by atoms with Crippen LogP contribution in [0, 0.1) is 0 Å². The van der Waals surface area contributed by atoms with Crippen molar-refractivity contribution in [3.05, 3.63) is 89.5 Å². The van der Waals surface area contributed by atoms with Crippen LogP contribution in [0.1, 0.15) is 45.8 Å². The monoisotopic (exact) mass is 401 g/mol. The van der Waals surface area contributed by atoms with Gasteiger partial charge in [-0.3, -0.25) is 14.8 Å². The summed E-state index contributed by atoms with van der Waals surface area (Å²) in [6, 6.07) is 14.3. The lowest BCUT2D eigenvalue weighted by Gasteiger charge is -2.32. The fraction of sp³-hybridized carbons (Fsp3) is 0.292. The molecular weight excluding hydrogens is 374 g/mol. The SMILES string of the molecule is NCc1cccc(C2CCN(C(=O)c3cncc(NCc4cccnc4)c3)CC2)c1. The highest BCUT2D eigenvalue weighted by Gasteiger charge is 2.25. The first-order valence-electron chi connectivity index (χ1n) is 10.4. The van der Waals surface area contributed by atoms with Crippen molar-refractivity contribution >= 4 is 11.6 Å². The van der Waals surface area contributed by atoms with Crippen molar-refractivity contribution in [2.24, 2.45) is 5.73 Å². The van der Waals surface area contributed by atoms with Crippen LogP contribution in [0.15, 0.2) is 67.3 Å². The van der Waals surface area contributed by atoms with E-state index in [0.29, 0.717) is 24.6 Å². The molecular formula is C24H27N5O. The van der Waals surface area contributed by atoms with Gasteiger partial charge in [0.1, 0.15) is 0 Å². The molecule has 0 saturated carbocycles. The Balaban J connectivity index is 1.36. The zero-order chi connectivity index (χ0) is 20.8. The van der Waals surface area contributed by atoms with Gasteiger partial charge in [0.15, 0.2) is 0 Å². The number of rotatable bonds is 6. The number of nitrogens with zero attached hydrogens (tertiary/aromatic N) is 3. The topological polar surface area (TPSA) is 84.1 Å². The number of aromatic nitrogens is 2. The summed E-state index contributed by atoms with van der Waals surface area (Å²) < 4.78 is 0. The number of pyridine rings is 2. The molecule has 0 unspecified atom stereocenters. The summed E-state index contributed by atoms with van der Waals surface area (Å²) in [5, 5.41) is 3.32. The fourth-order valence-electron chi connectivity index (χ4n) is 3.93. The molecule has 1 aliphatic heterocycles. The molecule has 0 bridgehead atoms. The molecule has 2 aromatic heterocycles. The van der Waals surface area contributed by atoms with E-state index in [2.05, 4.69) is 39.6 Å². The number of likely N-dealkylation sites (tertiary alicyclic amines) is 1. The number of carbonyl (C=O) groups is 1. The Morgan fingerprint density at radius 3 is 2.63 bits per heavy atom. The quantitative estimate of drug-likeness (QED) is 0.660. The van der Waals surface area contributed by atoms with Crippen molar-refractivity contribution in [3.63, 3.8) is 0 Å². The number of hydrogen-bond acceptors (Lipinski definition) is 5. The number of carbonyl (C=O) groups excluding carboxylic acids is 1. The molecule has 3 heterocycles. The number of nitrogens with one attached hydrogen (secondary N) is 1. The van der Waals surface area contributed by atoms with Gasteiger partial charge in [-0.15, -0.1) is 0 Å². The Hall–Kier alpha value is -3.25. The highest BCUT2D eigenvalue weighted by molar-refractivity contribution is 5.94. The number of anilines is 1. The summed E-state index contributed by atoms with van der Waals surface area (Å²) in [6.07, 6.45) is 8.89. The smallest absolute Gasteiger partial charge is 0.255 e. The zero-order valence-electron chi connectivity index (χ0n) is 17.0. The van der Waals surface area contributed by atoms with Gasteiger partial charge in [0.2, 0.25) is 0 Å². The van der Waals surface area contributed by atoms with Crippen molar-refractivity contribution in [1.82, 2.24) is 14.9 Å². The second-order valence-corrected chi connectivity index (χ2v) is 7.69. The largest absolute Gasteiger partial charge is 0.380 e. The third kappa shape index (κ3) is 4.83. The van der Waals surface area contributed by atoms with E-state index in [1.807, 2.05) is 29.3 Å². The predicted octanol–water partition coefficient (Wildman–Crippen LogP) is 3.57. The molecule has 1 amide bonds. The van der Waals surface area contributed by atoms with E-state index in [1.165, 1.54) is 5.56 Å². The number of benzene rings is 1. The lowest BCUT2D eigenvalue weighted by Crippen LogP contribution is -2.38. The summed E-state index contributed by atoms with van der Waals surface area (Å²) in [5.74, 6) is 0.521. The first-order chi connectivity index (χ1) is 14.7. The average molecular weight is 402 g/mol. The Morgan fingerprint density at radius 1 is 1.03 bits per heavy atom. The van der Waals surface area contributed by atoms with Gasteiger partial charge in [-0.1, -0.05) is 30.3 Å². The van der Waals surface area contributed by atoms with Crippen molar-refractivity contribution in [2.75, 3.05) is 18.4 Å². The van der Waals surface area contributed by atoms with E-state index in [-0.39, 0.29) is 5.91 Å². The summed E-state index contributed by atoms with van der Waals surface area (Å²) >= 11 is 0. The van der Waals surface area contributed by atoms with E-state index in [4.69, 9.17) is 5.73 Å². The van der Waals surface area contributed by atoms with Crippen molar-refractivity contribution in [1.29, 1.82) is 0 Å². The Bertz CT molecular complexity index is 984. The van der Waals surface area contributed by atoms with E-state index in [1.54, 1.807) is 18.6 Å². The Morgan fingerprint density at radius 2 is 1.87 bits per heavy atom. The number of piperidine rings is 1. The van der Waals surface area contributed by atoms with Gasteiger partial charge in [-0.2, -0.15) is 0 Å². The molecule has 0 radical (unpaired) electrons. The normalized spacial score (nSPS) is 14.5. The minimum Gasteiger partial charge on any atom is -0.380 e. The summed E-state index contributed by atoms with van der Waals surface area (Å²) in [6.45, 7) is 2.71. The third-order valence-electron chi connectivity index (χ3n) is 5.64. The Kier molecular flexibility index (Phi) is 6.35. The molecule has 30 heavy (non-hydrogen) atoms. The molecule has 0 atom stereocenters. The van der Waals surface area contributed by atoms with Crippen LogP contribution in [0.25, 0.3) is 0 Å². The number of hydrogen-bond donors (Lipinski definition) is 2. The second-order valence-electron chi connectivity index (χ2n) is 7.69. The molecule has 0 aliphatic carbocycles. The van der Waals surface area contributed by atoms with Gasteiger partial charge in [-0.25, -0.2) is 0 Å². The van der Waals surface area contributed by atoms with Gasteiger partial charge in [-0.05, 0) is 47.6 Å². The molecule has 3 N–H and O–H groups in total. The molecule has 154 valence electrons. The van der Waals surface area contributed by atoms with E-state index < -0.39 is 0 Å². The number of amides is 1. The molecule has 6 nitrogen and oxygen atoms in total. The highest BCUT2D eigenvalue weighted by Crippen LogP contribution is 2.29. The van der Waals surface area contributed by atoms with E-state index in [9.17, 15) is 4.79 Å². The van der Waals surface area contributed by atoms with Crippen LogP contribution in [0.3, 0.4) is 0 Å². The van der Waals surface area contributed by atoms with Crippen LogP contribution in [-0.2, 0) is 13.1 Å². The summed E-state index contributed by atoms with van der Waals surface area (Å²) in [5.41, 5.74) is 10.8. The molecule has 1 aromatic carbocycles. The summed E-state index contributed by atoms with van der Waals surface area (Å²) in [4.78, 5) is 23.3. The van der Waals surface area contributed by atoms with Crippen LogP contribution >= 0.6 is 0 Å². The second kappa shape index (κ2) is 9.50. The van der Waals surface area contributed by atoms with Gasteiger partial charge in [0, 0.05) is 51.0 Å².